The molecular formula is C22H32N4O5S. The predicted octanol–water partition coefficient (Wildman–Crippen LogP) is 0.803. The number of amides is 1. The lowest BCUT2D eigenvalue weighted by Gasteiger charge is -2.39. The second-order valence-electron chi connectivity index (χ2n) is 8.41. The summed E-state index contributed by atoms with van der Waals surface area (Å²) in [5.41, 5.74) is 0.971. The fourth-order valence-electron chi connectivity index (χ4n) is 4.31. The maximum absolute atomic E-state index is 12.5. The molecule has 0 radical (unpaired) electrons. The molecule has 1 aromatic rings. The summed E-state index contributed by atoms with van der Waals surface area (Å²) in [6.45, 7) is 6.32. The van der Waals surface area contributed by atoms with Gasteiger partial charge in [-0.05, 0) is 5.56 Å². The second-order valence-corrected chi connectivity index (χ2v) is 9.45. The Balaban J connectivity index is 1.18. The molecule has 1 amide bonds. The van der Waals surface area contributed by atoms with Crippen LogP contribution in [0, 0.1) is 0 Å². The zero-order valence-electron chi connectivity index (χ0n) is 18.5. The monoisotopic (exact) mass is 464 g/mol. The van der Waals surface area contributed by atoms with Gasteiger partial charge in [0.2, 0.25) is 5.91 Å². The van der Waals surface area contributed by atoms with E-state index in [4.69, 9.17) is 14.2 Å². The van der Waals surface area contributed by atoms with Crippen LogP contribution in [0.3, 0.4) is 0 Å². The molecule has 3 aliphatic rings. The van der Waals surface area contributed by atoms with E-state index in [1.807, 2.05) is 39.5 Å². The first-order chi connectivity index (χ1) is 15.6. The van der Waals surface area contributed by atoms with Crippen LogP contribution in [0.5, 0.6) is 0 Å². The highest BCUT2D eigenvalue weighted by Gasteiger charge is 2.40. The van der Waals surface area contributed by atoms with Crippen molar-refractivity contribution < 1.29 is 23.8 Å². The summed E-state index contributed by atoms with van der Waals surface area (Å²) in [6.07, 6.45) is 0.0438. The molecule has 3 heterocycles. The number of morpholine rings is 1. The third-order valence-corrected chi connectivity index (χ3v) is 6.87. The lowest BCUT2D eigenvalue weighted by Crippen LogP contribution is -2.60. The molecule has 3 unspecified atom stereocenters. The Morgan fingerprint density at radius 1 is 1.25 bits per heavy atom. The fraction of sp³-hybridized carbons (Fsp3) is 0.636. The Morgan fingerprint density at radius 3 is 2.88 bits per heavy atom. The Kier molecular flexibility index (Phi) is 8.39. The molecule has 3 atom stereocenters. The first-order valence-electron chi connectivity index (χ1n) is 11.1. The average Bonchev–Trinajstić information content (AvgIpc) is 3.20. The van der Waals surface area contributed by atoms with E-state index in [-0.39, 0.29) is 36.0 Å². The summed E-state index contributed by atoms with van der Waals surface area (Å²) >= 11 is 1.11. The molecule has 3 fully saturated rings. The van der Waals surface area contributed by atoms with E-state index in [1.165, 1.54) is 0 Å². The van der Waals surface area contributed by atoms with E-state index in [0.717, 1.165) is 37.1 Å². The predicted molar refractivity (Wildman–Crippen MR) is 121 cm³/mol. The van der Waals surface area contributed by atoms with E-state index >= 15 is 0 Å². The maximum atomic E-state index is 12.5. The third kappa shape index (κ3) is 6.43. The van der Waals surface area contributed by atoms with Crippen LogP contribution in [0.25, 0.3) is 0 Å². The van der Waals surface area contributed by atoms with Crippen molar-refractivity contribution in [1.29, 1.82) is 0 Å². The number of fused-ring (bicyclic) bond motifs is 1. The number of carbonyl (C=O) groups excluding carboxylic acids is 2. The van der Waals surface area contributed by atoms with Gasteiger partial charge in [0.1, 0.15) is 6.61 Å². The summed E-state index contributed by atoms with van der Waals surface area (Å²) in [5.74, 6) is 0.154. The number of benzene rings is 1. The molecule has 4 rings (SSSR count). The van der Waals surface area contributed by atoms with Gasteiger partial charge >= 0.3 is 5.30 Å². The SMILES string of the molecule is COCCN1CCN(CC2COC3CN(SC(=O)OCc4ccccc4)CC3N2)C(=O)C1. The molecule has 0 aliphatic carbocycles. The molecule has 0 saturated carbocycles. The molecule has 176 valence electrons. The molecule has 1 N–H and O–H groups in total. The van der Waals surface area contributed by atoms with Crippen molar-refractivity contribution >= 4 is 23.2 Å². The number of rotatable bonds is 8. The van der Waals surface area contributed by atoms with Crippen molar-refractivity contribution in [3.8, 4) is 0 Å². The Hall–Kier alpha value is -1.69. The van der Waals surface area contributed by atoms with Crippen LogP contribution in [-0.2, 0) is 25.6 Å². The van der Waals surface area contributed by atoms with E-state index in [2.05, 4.69) is 10.2 Å². The number of carbonyl (C=O) groups is 2. The number of nitrogens with zero attached hydrogens (tertiary/aromatic N) is 3. The number of ether oxygens (including phenoxy) is 3. The summed E-state index contributed by atoms with van der Waals surface area (Å²) in [5, 5.41) is 3.33. The molecular weight excluding hydrogens is 432 g/mol. The minimum absolute atomic E-state index is 0.0438. The van der Waals surface area contributed by atoms with Gasteiger partial charge in [-0.1, -0.05) is 30.3 Å². The van der Waals surface area contributed by atoms with Crippen molar-refractivity contribution in [2.24, 2.45) is 0 Å². The van der Waals surface area contributed by atoms with Gasteiger partial charge in [-0.25, -0.2) is 9.10 Å². The lowest BCUT2D eigenvalue weighted by molar-refractivity contribution is -0.137. The van der Waals surface area contributed by atoms with Crippen LogP contribution in [0.4, 0.5) is 4.79 Å². The Morgan fingerprint density at radius 2 is 2.09 bits per heavy atom. The van der Waals surface area contributed by atoms with Crippen LogP contribution in [0.2, 0.25) is 0 Å². The van der Waals surface area contributed by atoms with Crippen LogP contribution in [0.15, 0.2) is 30.3 Å². The normalized spacial score (nSPS) is 26.8. The third-order valence-electron chi connectivity index (χ3n) is 6.05. The smallest absolute Gasteiger partial charge is 0.383 e. The highest BCUT2D eigenvalue weighted by atomic mass is 32.2. The highest BCUT2D eigenvalue weighted by Crippen LogP contribution is 2.26. The van der Waals surface area contributed by atoms with Gasteiger partial charge < -0.3 is 24.4 Å². The van der Waals surface area contributed by atoms with E-state index in [0.29, 0.717) is 39.4 Å². The van der Waals surface area contributed by atoms with Crippen molar-refractivity contribution in [2.45, 2.75) is 24.8 Å². The van der Waals surface area contributed by atoms with Gasteiger partial charge in [-0.2, -0.15) is 0 Å². The van der Waals surface area contributed by atoms with Crippen molar-refractivity contribution in [3.63, 3.8) is 0 Å². The molecule has 0 aromatic heterocycles. The summed E-state index contributed by atoms with van der Waals surface area (Å²) in [7, 11) is 1.68. The number of hydrogen-bond donors (Lipinski definition) is 1. The Labute approximate surface area is 193 Å². The van der Waals surface area contributed by atoms with Gasteiger partial charge in [0.05, 0.1) is 25.9 Å². The summed E-state index contributed by atoms with van der Waals surface area (Å²) in [4.78, 5) is 28.8. The van der Waals surface area contributed by atoms with Crippen LogP contribution < -0.4 is 5.32 Å². The van der Waals surface area contributed by atoms with Gasteiger partial charge in [0.15, 0.2) is 0 Å². The van der Waals surface area contributed by atoms with E-state index in [1.54, 1.807) is 7.11 Å². The minimum atomic E-state index is -0.305. The first kappa shape index (κ1) is 23.5. The standard InChI is InChI=1S/C22H32N4O5S/c1-29-10-9-24-7-8-25(21(27)14-24)11-18-16-30-20-13-26(12-19(20)23-18)32-22(28)31-15-17-5-3-2-4-6-17/h2-6,18-20,23H,7-16H2,1H3. The first-order valence-corrected chi connectivity index (χ1v) is 11.9. The van der Waals surface area contributed by atoms with Crippen molar-refractivity contribution in [1.82, 2.24) is 19.4 Å². The molecule has 9 nitrogen and oxygen atoms in total. The molecule has 0 bridgehead atoms. The molecule has 10 heteroatoms. The minimum Gasteiger partial charge on any atom is -0.452 e. The second kappa shape index (κ2) is 11.4. The average molecular weight is 465 g/mol. The zero-order valence-corrected chi connectivity index (χ0v) is 19.3. The Bertz CT molecular complexity index is 770. The van der Waals surface area contributed by atoms with Crippen molar-refractivity contribution in [3.05, 3.63) is 35.9 Å². The number of methoxy groups -OCH3 is 1. The molecule has 32 heavy (non-hydrogen) atoms. The van der Waals surface area contributed by atoms with E-state index < -0.39 is 0 Å². The van der Waals surface area contributed by atoms with Gasteiger partial charge in [-0.3, -0.25) is 9.69 Å². The fourth-order valence-corrected chi connectivity index (χ4v) is 5.09. The quantitative estimate of drug-likeness (QED) is 0.444. The largest absolute Gasteiger partial charge is 0.452 e. The number of nitrogens with one attached hydrogen (secondary N) is 1. The number of piperazine rings is 1. The maximum Gasteiger partial charge on any atom is 0.383 e. The number of hydrogen-bond acceptors (Lipinski definition) is 9. The topological polar surface area (TPSA) is 83.6 Å². The molecule has 0 spiro atoms. The van der Waals surface area contributed by atoms with Gasteiger partial charge in [0.25, 0.3) is 0 Å². The summed E-state index contributed by atoms with van der Waals surface area (Å²) in [6, 6.07) is 9.90. The van der Waals surface area contributed by atoms with Crippen LogP contribution in [0.1, 0.15) is 5.56 Å². The highest BCUT2D eigenvalue weighted by molar-refractivity contribution is 8.11. The molecule has 3 aliphatic heterocycles. The van der Waals surface area contributed by atoms with Gasteiger partial charge in [-0.15, -0.1) is 0 Å². The summed E-state index contributed by atoms with van der Waals surface area (Å²) < 4.78 is 18.6. The van der Waals surface area contributed by atoms with Crippen LogP contribution >= 0.6 is 11.9 Å². The van der Waals surface area contributed by atoms with Gasteiger partial charge in [0, 0.05) is 70.4 Å². The molecule has 3 saturated heterocycles. The van der Waals surface area contributed by atoms with Crippen molar-refractivity contribution in [2.75, 3.05) is 66.1 Å². The zero-order chi connectivity index (χ0) is 22.3. The van der Waals surface area contributed by atoms with E-state index in [9.17, 15) is 9.59 Å². The van der Waals surface area contributed by atoms with Crippen LogP contribution in [-0.4, -0.2) is 110 Å². The lowest BCUT2D eigenvalue weighted by atomic mass is 10.1. The molecule has 1 aromatic carbocycles.